The fourth-order valence-electron chi connectivity index (χ4n) is 3.46. The fourth-order valence-corrected chi connectivity index (χ4v) is 3.46. The van der Waals surface area contributed by atoms with Crippen molar-refractivity contribution in [2.24, 2.45) is 11.8 Å². The molecule has 1 N–H and O–H groups in total. The second-order valence-corrected chi connectivity index (χ2v) is 7.81. The van der Waals surface area contributed by atoms with Gasteiger partial charge >= 0.3 is 5.97 Å². The van der Waals surface area contributed by atoms with E-state index < -0.39 is 5.97 Å². The van der Waals surface area contributed by atoms with Crippen LogP contribution in [0.25, 0.3) is 10.9 Å². The Hall–Kier alpha value is -2.10. The Kier molecular flexibility index (Phi) is 7.43. The highest BCUT2D eigenvalue weighted by molar-refractivity contribution is 6.08. The molecule has 0 amide bonds. The second kappa shape index (κ2) is 9.56. The molecule has 1 aromatic heterocycles. The number of carboxylic acids is 1. The minimum atomic E-state index is -0.784. The third-order valence-corrected chi connectivity index (χ3v) is 4.89. The average Bonchev–Trinajstić information content (AvgIpc) is 2.93. The smallest absolute Gasteiger partial charge is 0.303 e. The van der Waals surface area contributed by atoms with E-state index in [-0.39, 0.29) is 12.2 Å². The Morgan fingerprint density at radius 2 is 1.81 bits per heavy atom. The molecule has 0 saturated heterocycles. The quantitative estimate of drug-likeness (QED) is 0.537. The maximum atomic E-state index is 12.9. The molecule has 0 aliphatic heterocycles. The highest BCUT2D eigenvalue weighted by atomic mass is 16.4. The van der Waals surface area contributed by atoms with Gasteiger partial charge in [0.2, 0.25) is 0 Å². The number of carbonyl (C=O) groups is 2. The molecule has 0 aliphatic rings. The number of Topliss-reactive ketones (excluding diaryl/α,β-unsaturated/α-hetero) is 1. The number of ketones is 1. The minimum absolute atomic E-state index is 0.142. The normalized spacial score (nSPS) is 12.6. The molecule has 1 heterocycles. The highest BCUT2D eigenvalue weighted by Gasteiger charge is 2.17. The SMILES string of the molecule is CC(C)CCCC(C)CC(=O)c1cn(CCCC(=O)O)c2ccccc12. The van der Waals surface area contributed by atoms with Crippen molar-refractivity contribution in [3.63, 3.8) is 0 Å². The molecule has 0 spiro atoms. The summed E-state index contributed by atoms with van der Waals surface area (Å²) in [6, 6.07) is 7.89. The summed E-state index contributed by atoms with van der Waals surface area (Å²) in [5, 5.41) is 9.81. The third kappa shape index (κ3) is 5.72. The van der Waals surface area contributed by atoms with Gasteiger partial charge in [0, 0.05) is 42.0 Å². The number of hydrogen-bond acceptors (Lipinski definition) is 2. The molecular weight excluding hydrogens is 326 g/mol. The monoisotopic (exact) mass is 357 g/mol. The number of carboxylic acid groups (broad SMARTS) is 1. The minimum Gasteiger partial charge on any atom is -0.481 e. The number of benzene rings is 1. The average molecular weight is 357 g/mol. The summed E-state index contributed by atoms with van der Waals surface area (Å²) in [5.41, 5.74) is 1.78. The Bertz CT molecular complexity index is 745. The Morgan fingerprint density at radius 3 is 2.50 bits per heavy atom. The summed E-state index contributed by atoms with van der Waals surface area (Å²) >= 11 is 0. The number of rotatable bonds is 11. The molecule has 4 heteroatoms. The zero-order valence-electron chi connectivity index (χ0n) is 16.2. The van der Waals surface area contributed by atoms with Gasteiger partial charge in [-0.15, -0.1) is 0 Å². The van der Waals surface area contributed by atoms with Gasteiger partial charge in [0.05, 0.1) is 0 Å². The van der Waals surface area contributed by atoms with Crippen LogP contribution in [0, 0.1) is 11.8 Å². The third-order valence-electron chi connectivity index (χ3n) is 4.89. The zero-order valence-corrected chi connectivity index (χ0v) is 16.2. The van der Waals surface area contributed by atoms with Gasteiger partial charge in [-0.25, -0.2) is 0 Å². The van der Waals surface area contributed by atoms with E-state index in [2.05, 4.69) is 20.8 Å². The Morgan fingerprint density at radius 1 is 1.08 bits per heavy atom. The Labute approximate surface area is 156 Å². The number of carbonyl (C=O) groups excluding carboxylic acids is 1. The van der Waals surface area contributed by atoms with Crippen molar-refractivity contribution in [2.75, 3.05) is 0 Å². The molecule has 1 unspecified atom stereocenters. The van der Waals surface area contributed by atoms with Crippen LogP contribution in [0.5, 0.6) is 0 Å². The lowest BCUT2D eigenvalue weighted by Crippen LogP contribution is -2.06. The van der Waals surface area contributed by atoms with Crippen molar-refractivity contribution in [3.05, 3.63) is 36.0 Å². The zero-order chi connectivity index (χ0) is 19.1. The first-order valence-corrected chi connectivity index (χ1v) is 9.71. The highest BCUT2D eigenvalue weighted by Crippen LogP contribution is 2.25. The summed E-state index contributed by atoms with van der Waals surface area (Å²) in [5.74, 6) is 0.500. The predicted molar refractivity (Wildman–Crippen MR) is 106 cm³/mol. The van der Waals surface area contributed by atoms with Crippen molar-refractivity contribution in [3.8, 4) is 0 Å². The van der Waals surface area contributed by atoms with Crippen molar-refractivity contribution in [1.82, 2.24) is 4.57 Å². The number of fused-ring (bicyclic) bond motifs is 1. The summed E-state index contributed by atoms with van der Waals surface area (Å²) in [7, 11) is 0. The van der Waals surface area contributed by atoms with Gasteiger partial charge in [-0.05, 0) is 24.3 Å². The molecule has 0 bridgehead atoms. The van der Waals surface area contributed by atoms with Crippen molar-refractivity contribution in [1.29, 1.82) is 0 Å². The lowest BCUT2D eigenvalue weighted by Gasteiger charge is -2.11. The first kappa shape index (κ1) is 20.2. The number of nitrogens with zero attached hydrogens (tertiary/aromatic N) is 1. The molecule has 2 rings (SSSR count). The van der Waals surface area contributed by atoms with Crippen LogP contribution < -0.4 is 0 Å². The van der Waals surface area contributed by atoms with E-state index in [0.717, 1.165) is 22.9 Å². The van der Waals surface area contributed by atoms with E-state index in [9.17, 15) is 9.59 Å². The van der Waals surface area contributed by atoms with E-state index in [1.807, 2.05) is 35.0 Å². The van der Waals surface area contributed by atoms with Gasteiger partial charge in [-0.3, -0.25) is 9.59 Å². The molecule has 2 aromatic rings. The fraction of sp³-hybridized carbons (Fsp3) is 0.545. The second-order valence-electron chi connectivity index (χ2n) is 7.81. The number of aliphatic carboxylic acids is 1. The van der Waals surface area contributed by atoms with Crippen LogP contribution in [0.2, 0.25) is 0 Å². The summed E-state index contributed by atoms with van der Waals surface area (Å²) in [4.78, 5) is 23.6. The van der Waals surface area contributed by atoms with Gasteiger partial charge in [0.15, 0.2) is 5.78 Å². The molecule has 142 valence electrons. The van der Waals surface area contributed by atoms with Crippen LogP contribution in [0.15, 0.2) is 30.5 Å². The number of para-hydroxylation sites is 1. The van der Waals surface area contributed by atoms with Crippen LogP contribution in [0.4, 0.5) is 0 Å². The first-order chi connectivity index (χ1) is 12.4. The topological polar surface area (TPSA) is 59.3 Å². The van der Waals surface area contributed by atoms with Crippen LogP contribution in [0.3, 0.4) is 0 Å². The summed E-state index contributed by atoms with van der Waals surface area (Å²) in [6.45, 7) is 7.23. The van der Waals surface area contributed by atoms with Crippen LogP contribution in [0.1, 0.15) is 69.7 Å². The maximum absolute atomic E-state index is 12.9. The van der Waals surface area contributed by atoms with E-state index in [1.165, 1.54) is 12.8 Å². The first-order valence-electron chi connectivity index (χ1n) is 9.71. The molecule has 0 radical (unpaired) electrons. The number of aromatic nitrogens is 1. The maximum Gasteiger partial charge on any atom is 0.303 e. The van der Waals surface area contributed by atoms with E-state index >= 15 is 0 Å². The molecule has 0 saturated carbocycles. The standard InChI is InChI=1S/C22H31NO3/c1-16(2)8-6-9-17(3)14-21(24)19-15-23(13-7-12-22(25)26)20-11-5-4-10-18(19)20/h4-5,10-11,15-17H,6-9,12-14H2,1-3H3,(H,25,26). The van der Waals surface area contributed by atoms with Crippen LogP contribution in [-0.4, -0.2) is 21.4 Å². The van der Waals surface area contributed by atoms with Crippen LogP contribution >= 0.6 is 0 Å². The van der Waals surface area contributed by atoms with Crippen LogP contribution in [-0.2, 0) is 11.3 Å². The molecular formula is C22H31NO3. The molecule has 4 nitrogen and oxygen atoms in total. The van der Waals surface area contributed by atoms with Crippen molar-refractivity contribution < 1.29 is 14.7 Å². The van der Waals surface area contributed by atoms with E-state index in [0.29, 0.717) is 31.2 Å². The Balaban J connectivity index is 2.08. The number of hydrogen-bond donors (Lipinski definition) is 1. The van der Waals surface area contributed by atoms with Gasteiger partial charge < -0.3 is 9.67 Å². The molecule has 1 aromatic carbocycles. The van der Waals surface area contributed by atoms with Gasteiger partial charge in [-0.2, -0.15) is 0 Å². The van der Waals surface area contributed by atoms with Gasteiger partial charge in [0.25, 0.3) is 0 Å². The molecule has 0 aliphatic carbocycles. The molecule has 1 atom stereocenters. The van der Waals surface area contributed by atoms with Gasteiger partial charge in [0.1, 0.15) is 0 Å². The van der Waals surface area contributed by atoms with E-state index in [1.54, 1.807) is 0 Å². The summed E-state index contributed by atoms with van der Waals surface area (Å²) in [6.07, 6.45) is 6.65. The van der Waals surface area contributed by atoms with Crippen molar-refractivity contribution in [2.45, 2.75) is 65.8 Å². The van der Waals surface area contributed by atoms with Gasteiger partial charge in [-0.1, -0.05) is 58.2 Å². The molecule has 0 fully saturated rings. The van der Waals surface area contributed by atoms with E-state index in [4.69, 9.17) is 5.11 Å². The lowest BCUT2D eigenvalue weighted by atomic mass is 9.93. The largest absolute Gasteiger partial charge is 0.481 e. The number of aryl methyl sites for hydroxylation is 1. The summed E-state index contributed by atoms with van der Waals surface area (Å²) < 4.78 is 2.02. The molecule has 26 heavy (non-hydrogen) atoms. The predicted octanol–water partition coefficient (Wildman–Crippen LogP) is 5.54. The van der Waals surface area contributed by atoms with Crippen molar-refractivity contribution >= 4 is 22.7 Å². The lowest BCUT2D eigenvalue weighted by molar-refractivity contribution is -0.137.